The van der Waals surface area contributed by atoms with Gasteiger partial charge in [0.05, 0.1) is 10.3 Å². The van der Waals surface area contributed by atoms with Crippen LogP contribution in [0.4, 0.5) is 13.2 Å². The third-order valence-corrected chi connectivity index (χ3v) is 3.74. The SMILES string of the molecule is CSC(C)(C)C(=O)c1ccc(C(F)(F)F)cc1. The van der Waals surface area contributed by atoms with Crippen molar-refractivity contribution in [1.82, 2.24) is 0 Å². The highest BCUT2D eigenvalue weighted by Gasteiger charge is 2.31. The molecule has 0 aliphatic carbocycles. The van der Waals surface area contributed by atoms with Crippen LogP contribution >= 0.6 is 11.8 Å². The van der Waals surface area contributed by atoms with E-state index in [0.29, 0.717) is 5.56 Å². The number of benzene rings is 1. The standard InChI is InChI=1S/C12H13F3OS/c1-11(2,17-3)10(16)8-4-6-9(7-5-8)12(13,14)15/h4-7H,1-3H3. The maximum atomic E-state index is 12.3. The zero-order valence-electron chi connectivity index (χ0n) is 9.76. The molecule has 0 saturated heterocycles. The summed E-state index contributed by atoms with van der Waals surface area (Å²) in [5, 5.41) is 0. The smallest absolute Gasteiger partial charge is 0.293 e. The molecule has 0 aromatic heterocycles. The van der Waals surface area contributed by atoms with Crippen LogP contribution in [0.2, 0.25) is 0 Å². The number of hydrogen-bond acceptors (Lipinski definition) is 2. The van der Waals surface area contributed by atoms with Gasteiger partial charge in [0, 0.05) is 5.56 Å². The minimum Gasteiger partial charge on any atom is -0.293 e. The molecule has 0 aliphatic heterocycles. The number of Topliss-reactive ketones (excluding diaryl/α,β-unsaturated/α-hetero) is 1. The second-order valence-corrected chi connectivity index (χ2v) is 5.55. The lowest BCUT2D eigenvalue weighted by molar-refractivity contribution is -0.137. The Balaban J connectivity index is 3.00. The van der Waals surface area contributed by atoms with Crippen LogP contribution in [-0.2, 0) is 6.18 Å². The van der Waals surface area contributed by atoms with Crippen LogP contribution in [0, 0.1) is 0 Å². The molecule has 5 heteroatoms. The Morgan fingerprint density at radius 3 is 1.94 bits per heavy atom. The van der Waals surface area contributed by atoms with E-state index in [9.17, 15) is 18.0 Å². The van der Waals surface area contributed by atoms with E-state index in [1.165, 1.54) is 23.9 Å². The molecular weight excluding hydrogens is 249 g/mol. The fraction of sp³-hybridized carbons (Fsp3) is 0.417. The summed E-state index contributed by atoms with van der Waals surface area (Å²) >= 11 is 1.37. The number of carbonyl (C=O) groups excluding carboxylic acids is 1. The van der Waals surface area contributed by atoms with Gasteiger partial charge in [-0.1, -0.05) is 12.1 Å². The topological polar surface area (TPSA) is 17.1 Å². The first-order chi connectivity index (χ1) is 7.68. The average molecular weight is 262 g/mol. The van der Waals surface area contributed by atoms with E-state index in [0.717, 1.165) is 12.1 Å². The molecule has 0 unspecified atom stereocenters. The normalized spacial score (nSPS) is 12.6. The quantitative estimate of drug-likeness (QED) is 0.765. The van der Waals surface area contributed by atoms with Crippen LogP contribution in [-0.4, -0.2) is 16.8 Å². The first kappa shape index (κ1) is 14.1. The fourth-order valence-electron chi connectivity index (χ4n) is 1.25. The zero-order valence-corrected chi connectivity index (χ0v) is 10.6. The van der Waals surface area contributed by atoms with Gasteiger partial charge in [0.2, 0.25) is 0 Å². The number of carbonyl (C=O) groups is 1. The predicted octanol–water partition coefficient (Wildman–Crippen LogP) is 4.03. The molecule has 1 aromatic carbocycles. The largest absolute Gasteiger partial charge is 0.416 e. The number of ketones is 1. The van der Waals surface area contributed by atoms with Gasteiger partial charge in [-0.15, -0.1) is 0 Å². The van der Waals surface area contributed by atoms with E-state index >= 15 is 0 Å². The molecule has 0 N–H and O–H groups in total. The summed E-state index contributed by atoms with van der Waals surface area (Å²) in [6.45, 7) is 3.50. The molecule has 17 heavy (non-hydrogen) atoms. The van der Waals surface area contributed by atoms with E-state index < -0.39 is 16.5 Å². The van der Waals surface area contributed by atoms with Gasteiger partial charge in [-0.3, -0.25) is 4.79 Å². The Morgan fingerprint density at radius 2 is 1.59 bits per heavy atom. The predicted molar refractivity (Wildman–Crippen MR) is 63.4 cm³/mol. The van der Waals surface area contributed by atoms with Crippen LogP contribution in [0.25, 0.3) is 0 Å². The molecule has 0 aliphatic rings. The summed E-state index contributed by atoms with van der Waals surface area (Å²) in [6.07, 6.45) is -2.57. The Bertz CT molecular complexity index is 407. The summed E-state index contributed by atoms with van der Waals surface area (Å²) in [4.78, 5) is 12.0. The molecule has 94 valence electrons. The van der Waals surface area contributed by atoms with Crippen LogP contribution in [0.1, 0.15) is 29.8 Å². The van der Waals surface area contributed by atoms with Crippen LogP contribution in [0.3, 0.4) is 0 Å². The minimum atomic E-state index is -4.36. The molecule has 0 spiro atoms. The monoisotopic (exact) mass is 262 g/mol. The van der Waals surface area contributed by atoms with Crippen molar-refractivity contribution in [2.75, 3.05) is 6.26 Å². The summed E-state index contributed by atoms with van der Waals surface area (Å²) < 4.78 is 36.4. The van der Waals surface area contributed by atoms with Crippen molar-refractivity contribution in [1.29, 1.82) is 0 Å². The van der Waals surface area contributed by atoms with Crippen LogP contribution in [0.15, 0.2) is 24.3 Å². The van der Waals surface area contributed by atoms with Crippen molar-refractivity contribution in [2.45, 2.75) is 24.8 Å². The van der Waals surface area contributed by atoms with E-state index in [2.05, 4.69) is 0 Å². The summed E-state index contributed by atoms with van der Waals surface area (Å²) in [6, 6.07) is 4.32. The lowest BCUT2D eigenvalue weighted by Gasteiger charge is -2.20. The Labute approximate surface area is 102 Å². The lowest BCUT2D eigenvalue weighted by Crippen LogP contribution is -2.27. The molecule has 0 bridgehead atoms. The van der Waals surface area contributed by atoms with Gasteiger partial charge in [-0.05, 0) is 32.2 Å². The Kier molecular flexibility index (Phi) is 3.91. The number of thioether (sulfide) groups is 1. The van der Waals surface area contributed by atoms with E-state index in [4.69, 9.17) is 0 Å². The highest BCUT2D eigenvalue weighted by molar-refractivity contribution is 8.00. The van der Waals surface area contributed by atoms with Crippen LogP contribution < -0.4 is 0 Å². The highest BCUT2D eigenvalue weighted by atomic mass is 32.2. The minimum absolute atomic E-state index is 0.168. The van der Waals surface area contributed by atoms with Crippen molar-refractivity contribution >= 4 is 17.5 Å². The summed E-state index contributed by atoms with van der Waals surface area (Å²) in [7, 11) is 0. The number of hydrogen-bond donors (Lipinski definition) is 0. The third kappa shape index (κ3) is 3.25. The first-order valence-corrected chi connectivity index (χ1v) is 6.18. The van der Waals surface area contributed by atoms with E-state index in [-0.39, 0.29) is 5.78 Å². The second kappa shape index (κ2) is 4.72. The molecule has 1 aromatic rings. The summed E-state index contributed by atoms with van der Waals surface area (Å²) in [5.41, 5.74) is -0.437. The Hall–Kier alpha value is -0.970. The van der Waals surface area contributed by atoms with Crippen molar-refractivity contribution in [3.8, 4) is 0 Å². The van der Waals surface area contributed by atoms with Gasteiger partial charge < -0.3 is 0 Å². The first-order valence-electron chi connectivity index (χ1n) is 4.95. The van der Waals surface area contributed by atoms with Gasteiger partial charge in [0.1, 0.15) is 0 Å². The van der Waals surface area contributed by atoms with Crippen molar-refractivity contribution in [2.24, 2.45) is 0 Å². The number of alkyl halides is 3. The van der Waals surface area contributed by atoms with Gasteiger partial charge in [0.25, 0.3) is 0 Å². The van der Waals surface area contributed by atoms with Gasteiger partial charge in [-0.25, -0.2) is 0 Å². The molecule has 0 fully saturated rings. The molecule has 0 atom stereocenters. The van der Waals surface area contributed by atoms with Crippen molar-refractivity contribution in [3.05, 3.63) is 35.4 Å². The number of rotatable bonds is 3. The molecular formula is C12H13F3OS. The van der Waals surface area contributed by atoms with Gasteiger partial charge in [-0.2, -0.15) is 24.9 Å². The van der Waals surface area contributed by atoms with Gasteiger partial charge in [0.15, 0.2) is 5.78 Å². The molecule has 1 rings (SSSR count). The van der Waals surface area contributed by atoms with E-state index in [1.807, 2.05) is 0 Å². The van der Waals surface area contributed by atoms with Gasteiger partial charge >= 0.3 is 6.18 Å². The molecule has 1 nitrogen and oxygen atoms in total. The molecule has 0 heterocycles. The zero-order chi connectivity index (χ0) is 13.3. The van der Waals surface area contributed by atoms with Crippen molar-refractivity contribution in [3.63, 3.8) is 0 Å². The summed E-state index contributed by atoms with van der Waals surface area (Å²) in [5.74, 6) is -0.168. The maximum absolute atomic E-state index is 12.3. The van der Waals surface area contributed by atoms with Crippen LogP contribution in [0.5, 0.6) is 0 Å². The number of halogens is 3. The average Bonchev–Trinajstić information content (AvgIpc) is 2.27. The molecule has 0 radical (unpaired) electrons. The maximum Gasteiger partial charge on any atom is 0.416 e. The lowest BCUT2D eigenvalue weighted by atomic mass is 9.99. The highest BCUT2D eigenvalue weighted by Crippen LogP contribution is 2.31. The fourth-order valence-corrected chi connectivity index (χ4v) is 1.55. The van der Waals surface area contributed by atoms with E-state index in [1.54, 1.807) is 20.1 Å². The second-order valence-electron chi connectivity index (χ2n) is 4.12. The van der Waals surface area contributed by atoms with Crippen molar-refractivity contribution < 1.29 is 18.0 Å². The molecule has 0 amide bonds. The molecule has 0 saturated carbocycles. The third-order valence-electron chi connectivity index (χ3n) is 2.53. The Morgan fingerprint density at radius 1 is 1.12 bits per heavy atom.